The van der Waals surface area contributed by atoms with Crippen LogP contribution in [0, 0.1) is 11.3 Å². The van der Waals surface area contributed by atoms with Crippen molar-refractivity contribution in [2.75, 3.05) is 31.7 Å². The molecule has 0 fully saturated rings. The van der Waals surface area contributed by atoms with E-state index in [9.17, 15) is 0 Å². The number of likely N-dealkylation sites (N-methyl/N-ethyl adjacent to an activating group) is 1. The molecule has 0 aliphatic heterocycles. The van der Waals surface area contributed by atoms with Gasteiger partial charge in [-0.1, -0.05) is 6.07 Å². The average molecular weight is 232 g/mol. The highest BCUT2D eigenvalue weighted by Gasteiger charge is 2.20. The van der Waals surface area contributed by atoms with Crippen LogP contribution in [0.25, 0.3) is 0 Å². The quantitative estimate of drug-likeness (QED) is 0.778. The van der Waals surface area contributed by atoms with Crippen molar-refractivity contribution in [1.82, 2.24) is 4.90 Å². The number of benzene rings is 1. The standard InChI is InChI=1S/C13H20N4/c1-13(2,17(3)4)9-16-11-7-5-6-10(8-14)12(11)15/h5-7,16H,9,15H2,1-4H3. The van der Waals surface area contributed by atoms with E-state index in [4.69, 9.17) is 11.0 Å². The molecule has 17 heavy (non-hydrogen) atoms. The summed E-state index contributed by atoms with van der Waals surface area (Å²) in [7, 11) is 4.08. The molecule has 92 valence electrons. The van der Waals surface area contributed by atoms with E-state index in [1.165, 1.54) is 0 Å². The molecule has 1 rings (SSSR count). The number of nitrogens with two attached hydrogens (primary N) is 1. The third-order valence-corrected chi connectivity index (χ3v) is 3.15. The molecule has 0 spiro atoms. The summed E-state index contributed by atoms with van der Waals surface area (Å²) in [5.74, 6) is 0. The van der Waals surface area contributed by atoms with Gasteiger partial charge < -0.3 is 16.0 Å². The first-order valence-electron chi connectivity index (χ1n) is 5.58. The Hall–Kier alpha value is -1.73. The van der Waals surface area contributed by atoms with Crippen molar-refractivity contribution >= 4 is 11.4 Å². The minimum absolute atomic E-state index is 0.0229. The Balaban J connectivity index is 2.81. The van der Waals surface area contributed by atoms with Crippen molar-refractivity contribution in [2.45, 2.75) is 19.4 Å². The van der Waals surface area contributed by atoms with E-state index in [-0.39, 0.29) is 5.54 Å². The Morgan fingerprint density at radius 2 is 2.06 bits per heavy atom. The monoisotopic (exact) mass is 232 g/mol. The molecule has 4 nitrogen and oxygen atoms in total. The highest BCUT2D eigenvalue weighted by atomic mass is 15.2. The number of para-hydroxylation sites is 1. The minimum atomic E-state index is 0.0229. The smallest absolute Gasteiger partial charge is 0.101 e. The predicted octanol–water partition coefficient (Wildman–Crippen LogP) is 1.89. The molecular formula is C13H20N4. The molecule has 0 saturated heterocycles. The lowest BCUT2D eigenvalue weighted by Gasteiger charge is -2.33. The molecule has 3 N–H and O–H groups in total. The largest absolute Gasteiger partial charge is 0.396 e. The first-order valence-corrected chi connectivity index (χ1v) is 5.58. The van der Waals surface area contributed by atoms with Crippen molar-refractivity contribution in [1.29, 1.82) is 5.26 Å². The molecule has 0 unspecified atom stereocenters. The molecule has 1 aromatic carbocycles. The van der Waals surface area contributed by atoms with Gasteiger partial charge in [-0.05, 0) is 40.1 Å². The third kappa shape index (κ3) is 3.11. The van der Waals surface area contributed by atoms with Crippen LogP contribution in [-0.4, -0.2) is 31.1 Å². The van der Waals surface area contributed by atoms with Gasteiger partial charge >= 0.3 is 0 Å². The van der Waals surface area contributed by atoms with Gasteiger partial charge in [-0.15, -0.1) is 0 Å². The molecule has 0 atom stereocenters. The van der Waals surface area contributed by atoms with Gasteiger partial charge in [0.05, 0.1) is 16.9 Å². The summed E-state index contributed by atoms with van der Waals surface area (Å²) in [4.78, 5) is 2.14. The lowest BCUT2D eigenvalue weighted by Crippen LogP contribution is -2.44. The first kappa shape index (κ1) is 13.3. The molecule has 4 heteroatoms. The number of nitriles is 1. The van der Waals surface area contributed by atoms with E-state index >= 15 is 0 Å². The molecule has 0 radical (unpaired) electrons. The zero-order chi connectivity index (χ0) is 13.1. The zero-order valence-electron chi connectivity index (χ0n) is 10.9. The van der Waals surface area contributed by atoms with Crippen LogP contribution in [0.4, 0.5) is 11.4 Å². The molecule has 1 aromatic rings. The second kappa shape index (κ2) is 5.07. The second-order valence-electron chi connectivity index (χ2n) is 4.94. The number of rotatable bonds is 4. The van der Waals surface area contributed by atoms with Crippen molar-refractivity contribution in [3.05, 3.63) is 23.8 Å². The fourth-order valence-electron chi connectivity index (χ4n) is 1.29. The molecule has 0 aromatic heterocycles. The van der Waals surface area contributed by atoms with Gasteiger partial charge in [0.2, 0.25) is 0 Å². The summed E-state index contributed by atoms with van der Waals surface area (Å²) in [6.07, 6.45) is 0. The number of nitrogen functional groups attached to an aromatic ring is 1. The number of anilines is 2. The van der Waals surface area contributed by atoms with Crippen molar-refractivity contribution in [3.8, 4) is 6.07 Å². The predicted molar refractivity (Wildman–Crippen MR) is 71.8 cm³/mol. The van der Waals surface area contributed by atoms with Crippen LogP contribution in [0.1, 0.15) is 19.4 Å². The Kier molecular flexibility index (Phi) is 3.97. The maximum Gasteiger partial charge on any atom is 0.101 e. The fraction of sp³-hybridized carbons (Fsp3) is 0.462. The number of nitrogens with one attached hydrogen (secondary N) is 1. The Morgan fingerprint density at radius 3 is 2.59 bits per heavy atom. The summed E-state index contributed by atoms with van der Waals surface area (Å²) in [6, 6.07) is 7.52. The van der Waals surface area contributed by atoms with E-state index in [0.29, 0.717) is 11.3 Å². The van der Waals surface area contributed by atoms with Crippen LogP contribution < -0.4 is 11.1 Å². The van der Waals surface area contributed by atoms with E-state index in [1.807, 2.05) is 26.2 Å². The highest BCUT2D eigenvalue weighted by molar-refractivity contribution is 5.72. The number of hydrogen-bond donors (Lipinski definition) is 2. The molecule has 0 saturated carbocycles. The third-order valence-electron chi connectivity index (χ3n) is 3.15. The van der Waals surface area contributed by atoms with Gasteiger partial charge in [0.1, 0.15) is 6.07 Å². The van der Waals surface area contributed by atoms with E-state index in [2.05, 4.69) is 30.1 Å². The first-order chi connectivity index (χ1) is 7.88. The van der Waals surface area contributed by atoms with E-state index in [1.54, 1.807) is 6.07 Å². The summed E-state index contributed by atoms with van der Waals surface area (Å²) in [6.45, 7) is 5.05. The number of nitrogens with zero attached hydrogens (tertiary/aromatic N) is 2. The Labute approximate surface area is 103 Å². The fourth-order valence-corrected chi connectivity index (χ4v) is 1.29. The molecular weight excluding hydrogens is 212 g/mol. The van der Waals surface area contributed by atoms with Crippen molar-refractivity contribution < 1.29 is 0 Å². The minimum Gasteiger partial charge on any atom is -0.396 e. The van der Waals surface area contributed by atoms with Crippen molar-refractivity contribution in [3.63, 3.8) is 0 Å². The maximum absolute atomic E-state index is 8.89. The lowest BCUT2D eigenvalue weighted by atomic mass is 10.0. The molecule has 0 amide bonds. The van der Waals surface area contributed by atoms with Gasteiger partial charge in [0, 0.05) is 12.1 Å². The summed E-state index contributed by atoms with van der Waals surface area (Å²) in [5, 5.41) is 12.2. The molecule has 0 bridgehead atoms. The van der Waals surface area contributed by atoms with Gasteiger partial charge in [-0.2, -0.15) is 5.26 Å². The summed E-state index contributed by atoms with van der Waals surface area (Å²) in [5.41, 5.74) is 7.77. The van der Waals surface area contributed by atoms with Crippen LogP contribution in [0.3, 0.4) is 0 Å². The van der Waals surface area contributed by atoms with Gasteiger partial charge in [0.15, 0.2) is 0 Å². The average Bonchev–Trinajstić information content (AvgIpc) is 2.27. The van der Waals surface area contributed by atoms with Crippen LogP contribution in [-0.2, 0) is 0 Å². The highest BCUT2D eigenvalue weighted by Crippen LogP contribution is 2.23. The topological polar surface area (TPSA) is 65.1 Å². The zero-order valence-corrected chi connectivity index (χ0v) is 10.9. The van der Waals surface area contributed by atoms with Gasteiger partial charge in [0.25, 0.3) is 0 Å². The maximum atomic E-state index is 8.89. The van der Waals surface area contributed by atoms with E-state index < -0.39 is 0 Å². The summed E-state index contributed by atoms with van der Waals surface area (Å²) < 4.78 is 0. The normalized spacial score (nSPS) is 11.3. The summed E-state index contributed by atoms with van der Waals surface area (Å²) >= 11 is 0. The SMILES string of the molecule is CN(C)C(C)(C)CNc1cccc(C#N)c1N. The molecule has 0 aliphatic carbocycles. The number of hydrogen-bond acceptors (Lipinski definition) is 4. The van der Waals surface area contributed by atoms with Crippen LogP contribution in [0.2, 0.25) is 0 Å². The second-order valence-corrected chi connectivity index (χ2v) is 4.94. The molecule has 0 heterocycles. The van der Waals surface area contributed by atoms with Crippen LogP contribution in [0.15, 0.2) is 18.2 Å². The Bertz CT molecular complexity index is 430. The van der Waals surface area contributed by atoms with E-state index in [0.717, 1.165) is 12.2 Å². The van der Waals surface area contributed by atoms with Crippen LogP contribution in [0.5, 0.6) is 0 Å². The van der Waals surface area contributed by atoms with Crippen LogP contribution >= 0.6 is 0 Å². The lowest BCUT2D eigenvalue weighted by molar-refractivity contribution is 0.210. The molecule has 0 aliphatic rings. The Morgan fingerprint density at radius 1 is 1.41 bits per heavy atom. The van der Waals surface area contributed by atoms with Gasteiger partial charge in [-0.3, -0.25) is 0 Å². The van der Waals surface area contributed by atoms with Gasteiger partial charge in [-0.25, -0.2) is 0 Å². The van der Waals surface area contributed by atoms with Crippen molar-refractivity contribution in [2.24, 2.45) is 0 Å².